The van der Waals surface area contributed by atoms with Gasteiger partial charge in [0.15, 0.2) is 5.82 Å². The van der Waals surface area contributed by atoms with E-state index in [0.29, 0.717) is 31.2 Å². The molecule has 6 heteroatoms. The molecule has 2 unspecified atom stereocenters. The quantitative estimate of drug-likeness (QED) is 0.838. The van der Waals surface area contributed by atoms with Crippen molar-refractivity contribution in [1.82, 2.24) is 15.5 Å². The minimum Gasteiger partial charge on any atom is -0.338 e. The summed E-state index contributed by atoms with van der Waals surface area (Å²) in [5.74, 6) is 1.24. The van der Waals surface area contributed by atoms with Gasteiger partial charge in [-0.2, -0.15) is 4.98 Å². The number of aromatic nitrogens is 2. The number of nitrogens with zero attached hydrogens (tertiary/aromatic N) is 2. The molecule has 1 aromatic heterocycles. The zero-order valence-corrected chi connectivity index (χ0v) is 12.5. The highest BCUT2D eigenvalue weighted by Gasteiger charge is 2.09. The van der Waals surface area contributed by atoms with Crippen molar-refractivity contribution in [3.63, 3.8) is 0 Å². The SMILES string of the molecule is CC(CNCc1nc(Cc2ccccc2)no1)S(C)=O. The molecule has 1 aromatic carbocycles. The first-order valence-electron chi connectivity index (χ1n) is 6.53. The maximum Gasteiger partial charge on any atom is 0.240 e. The number of hydrogen-bond acceptors (Lipinski definition) is 5. The predicted molar refractivity (Wildman–Crippen MR) is 78.8 cm³/mol. The summed E-state index contributed by atoms with van der Waals surface area (Å²) in [6.07, 6.45) is 2.37. The molecule has 1 heterocycles. The minimum atomic E-state index is -0.819. The lowest BCUT2D eigenvalue weighted by Crippen LogP contribution is -2.27. The first kappa shape index (κ1) is 14.9. The van der Waals surface area contributed by atoms with Crippen LogP contribution < -0.4 is 5.32 Å². The topological polar surface area (TPSA) is 68.0 Å². The van der Waals surface area contributed by atoms with Crippen LogP contribution in [0.25, 0.3) is 0 Å². The fourth-order valence-electron chi connectivity index (χ4n) is 1.71. The van der Waals surface area contributed by atoms with E-state index in [1.54, 1.807) is 6.26 Å². The fraction of sp³-hybridized carbons (Fsp3) is 0.429. The Morgan fingerprint density at radius 3 is 2.80 bits per heavy atom. The molecule has 0 spiro atoms. The zero-order valence-electron chi connectivity index (χ0n) is 11.7. The van der Waals surface area contributed by atoms with E-state index in [4.69, 9.17) is 4.52 Å². The first-order chi connectivity index (χ1) is 9.65. The van der Waals surface area contributed by atoms with E-state index in [-0.39, 0.29) is 5.25 Å². The molecular formula is C14H19N3O2S. The molecule has 2 atom stereocenters. The van der Waals surface area contributed by atoms with Gasteiger partial charge >= 0.3 is 0 Å². The standard InChI is InChI=1S/C14H19N3O2S/c1-11(20(2)18)9-15-10-14-16-13(17-19-14)8-12-6-4-3-5-7-12/h3-7,11,15H,8-10H2,1-2H3. The summed E-state index contributed by atoms with van der Waals surface area (Å²) in [5.41, 5.74) is 1.16. The van der Waals surface area contributed by atoms with Gasteiger partial charge in [-0.1, -0.05) is 35.5 Å². The molecule has 5 nitrogen and oxygen atoms in total. The van der Waals surface area contributed by atoms with Crippen LogP contribution in [0.1, 0.15) is 24.2 Å². The summed E-state index contributed by atoms with van der Waals surface area (Å²) in [5, 5.41) is 7.24. The van der Waals surface area contributed by atoms with Gasteiger partial charge in [-0.05, 0) is 12.5 Å². The molecule has 0 saturated heterocycles. The van der Waals surface area contributed by atoms with Crippen molar-refractivity contribution in [2.45, 2.75) is 25.1 Å². The van der Waals surface area contributed by atoms with Crippen molar-refractivity contribution in [3.8, 4) is 0 Å². The molecule has 0 aliphatic carbocycles. The van der Waals surface area contributed by atoms with Crippen molar-refractivity contribution in [1.29, 1.82) is 0 Å². The molecule has 0 saturated carbocycles. The van der Waals surface area contributed by atoms with Crippen LogP contribution in [0.15, 0.2) is 34.9 Å². The second kappa shape index (κ2) is 7.31. The molecule has 20 heavy (non-hydrogen) atoms. The normalized spacial score (nSPS) is 14.1. The second-order valence-electron chi connectivity index (χ2n) is 4.71. The van der Waals surface area contributed by atoms with Gasteiger partial charge in [-0.3, -0.25) is 4.21 Å². The van der Waals surface area contributed by atoms with Crippen LogP contribution in [0.4, 0.5) is 0 Å². The summed E-state index contributed by atoms with van der Waals surface area (Å²) >= 11 is 0. The minimum absolute atomic E-state index is 0.113. The molecule has 2 rings (SSSR count). The predicted octanol–water partition coefficient (Wildman–Crippen LogP) is 1.52. The highest BCUT2D eigenvalue weighted by molar-refractivity contribution is 7.84. The maximum atomic E-state index is 11.2. The number of rotatable bonds is 7. The van der Waals surface area contributed by atoms with Crippen molar-refractivity contribution in [2.24, 2.45) is 0 Å². The van der Waals surface area contributed by atoms with Gasteiger partial charge in [0, 0.05) is 35.3 Å². The Morgan fingerprint density at radius 1 is 1.35 bits per heavy atom. The van der Waals surface area contributed by atoms with E-state index >= 15 is 0 Å². The molecule has 1 N–H and O–H groups in total. The summed E-state index contributed by atoms with van der Waals surface area (Å²) in [6, 6.07) is 10.0. The second-order valence-corrected chi connectivity index (χ2v) is 6.51. The van der Waals surface area contributed by atoms with E-state index in [9.17, 15) is 4.21 Å². The molecule has 0 fully saturated rings. The molecule has 0 aliphatic rings. The monoisotopic (exact) mass is 293 g/mol. The molecule has 2 aromatic rings. The number of benzene rings is 1. The Balaban J connectivity index is 1.82. The third-order valence-electron chi connectivity index (χ3n) is 2.99. The zero-order chi connectivity index (χ0) is 14.4. The Kier molecular flexibility index (Phi) is 5.43. The van der Waals surface area contributed by atoms with E-state index in [2.05, 4.69) is 15.5 Å². The Bertz CT molecular complexity index is 557. The number of hydrogen-bond donors (Lipinski definition) is 1. The Morgan fingerprint density at radius 2 is 2.10 bits per heavy atom. The van der Waals surface area contributed by atoms with Gasteiger partial charge in [0.25, 0.3) is 0 Å². The van der Waals surface area contributed by atoms with E-state index < -0.39 is 10.8 Å². The lowest BCUT2D eigenvalue weighted by atomic mass is 10.1. The van der Waals surface area contributed by atoms with Crippen LogP contribution in [0, 0.1) is 0 Å². The van der Waals surface area contributed by atoms with E-state index in [1.165, 1.54) is 0 Å². The highest BCUT2D eigenvalue weighted by atomic mass is 32.2. The van der Waals surface area contributed by atoms with E-state index in [1.807, 2.05) is 37.3 Å². The van der Waals surface area contributed by atoms with Gasteiger partial charge in [0.2, 0.25) is 5.89 Å². The summed E-state index contributed by atoms with van der Waals surface area (Å²) in [4.78, 5) is 4.33. The largest absolute Gasteiger partial charge is 0.338 e. The summed E-state index contributed by atoms with van der Waals surface area (Å²) in [7, 11) is -0.819. The van der Waals surface area contributed by atoms with Crippen molar-refractivity contribution < 1.29 is 8.73 Å². The summed E-state index contributed by atoms with van der Waals surface area (Å²) in [6.45, 7) is 3.11. The van der Waals surface area contributed by atoms with Crippen LogP contribution in [0.2, 0.25) is 0 Å². The van der Waals surface area contributed by atoms with Crippen LogP contribution >= 0.6 is 0 Å². The fourth-order valence-corrected chi connectivity index (χ4v) is 2.06. The molecule has 108 valence electrons. The average Bonchev–Trinajstić information content (AvgIpc) is 2.87. The molecule has 0 radical (unpaired) electrons. The van der Waals surface area contributed by atoms with Crippen LogP contribution in [0.5, 0.6) is 0 Å². The molecule has 0 bridgehead atoms. The average molecular weight is 293 g/mol. The van der Waals surface area contributed by atoms with Crippen molar-refractivity contribution in [3.05, 3.63) is 47.6 Å². The van der Waals surface area contributed by atoms with E-state index in [0.717, 1.165) is 5.56 Å². The highest BCUT2D eigenvalue weighted by Crippen LogP contribution is 2.06. The first-order valence-corrected chi connectivity index (χ1v) is 8.15. The number of nitrogens with one attached hydrogen (secondary N) is 1. The van der Waals surface area contributed by atoms with Crippen LogP contribution in [-0.4, -0.2) is 32.4 Å². The van der Waals surface area contributed by atoms with Crippen LogP contribution in [0.3, 0.4) is 0 Å². The summed E-state index contributed by atoms with van der Waals surface area (Å²) < 4.78 is 16.4. The lowest BCUT2D eigenvalue weighted by Gasteiger charge is -2.07. The molecule has 0 amide bonds. The Hall–Kier alpha value is -1.53. The van der Waals surface area contributed by atoms with Gasteiger partial charge in [0.05, 0.1) is 6.54 Å². The lowest BCUT2D eigenvalue weighted by molar-refractivity contribution is 0.364. The maximum absolute atomic E-state index is 11.2. The third kappa shape index (κ3) is 4.54. The van der Waals surface area contributed by atoms with Gasteiger partial charge < -0.3 is 9.84 Å². The molecular weight excluding hydrogens is 274 g/mol. The van der Waals surface area contributed by atoms with Gasteiger partial charge in [-0.25, -0.2) is 0 Å². The van der Waals surface area contributed by atoms with Gasteiger partial charge in [-0.15, -0.1) is 0 Å². The third-order valence-corrected chi connectivity index (χ3v) is 4.29. The van der Waals surface area contributed by atoms with Gasteiger partial charge in [0.1, 0.15) is 0 Å². The van der Waals surface area contributed by atoms with Crippen molar-refractivity contribution >= 4 is 10.8 Å². The van der Waals surface area contributed by atoms with Crippen molar-refractivity contribution in [2.75, 3.05) is 12.8 Å². The van der Waals surface area contributed by atoms with Crippen LogP contribution in [-0.2, 0) is 23.8 Å². The molecule has 0 aliphatic heterocycles. The smallest absolute Gasteiger partial charge is 0.240 e. The Labute approximate surface area is 121 Å².